The number of carbonyl (C=O) groups excluding carboxylic acids is 2. The molecule has 0 spiro atoms. The maximum absolute atomic E-state index is 13.5. The first-order chi connectivity index (χ1) is 23.2. The summed E-state index contributed by atoms with van der Waals surface area (Å²) in [4.78, 5) is 45.5. The maximum atomic E-state index is 13.5. The number of ether oxygens (including phenoxy) is 1. The molecule has 2 aliphatic rings. The van der Waals surface area contributed by atoms with Crippen LogP contribution < -0.4 is 26.2 Å². The summed E-state index contributed by atoms with van der Waals surface area (Å²) in [6, 6.07) is 14.0. The fraction of sp³-hybridized carbons (Fsp3) is 0.343. The standard InChI is InChI=1S/C35H38ClN7O5/c1-3-43-34(46)30(39-35(47)40-32-28(36)18-37-19-31(32)44)17-29(41-43)23-6-4-5-22(13-23)24-14-25(16-27(15-24)48-20-21-7-8-21)33(45)38-26-9-11-42(2)12-10-26/h4-6,13-19,21,26,44H,3,7-12,20H2,1-2H3,(H,38,45)(H2,37,39,40,47). The Morgan fingerprint density at radius 1 is 1.00 bits per heavy atom. The molecule has 1 saturated heterocycles. The molecule has 13 heteroatoms. The van der Waals surface area contributed by atoms with E-state index in [1.807, 2.05) is 36.4 Å². The first-order valence-electron chi connectivity index (χ1n) is 16.1. The number of pyridine rings is 1. The lowest BCUT2D eigenvalue weighted by atomic mass is 9.98. The van der Waals surface area contributed by atoms with E-state index in [0.717, 1.165) is 56.1 Å². The van der Waals surface area contributed by atoms with Crippen molar-refractivity contribution in [3.05, 3.63) is 81.9 Å². The van der Waals surface area contributed by atoms with Gasteiger partial charge in [-0.15, -0.1) is 0 Å². The Morgan fingerprint density at radius 2 is 1.77 bits per heavy atom. The number of nitrogens with zero attached hydrogens (tertiary/aromatic N) is 4. The fourth-order valence-electron chi connectivity index (χ4n) is 5.56. The summed E-state index contributed by atoms with van der Waals surface area (Å²) in [7, 11) is 2.09. The normalized spacial score (nSPS) is 15.1. The van der Waals surface area contributed by atoms with Crippen molar-refractivity contribution in [1.82, 2.24) is 25.0 Å². The molecule has 4 N–H and O–H groups in total. The second kappa shape index (κ2) is 14.4. The Balaban J connectivity index is 1.29. The number of anilines is 2. The van der Waals surface area contributed by atoms with Crippen molar-refractivity contribution >= 4 is 34.9 Å². The number of piperidine rings is 1. The molecule has 2 aromatic carbocycles. The quantitative estimate of drug-likeness (QED) is 0.170. The van der Waals surface area contributed by atoms with Gasteiger partial charge in [0.05, 0.1) is 23.5 Å². The van der Waals surface area contributed by atoms with Crippen LogP contribution in [0, 0.1) is 5.92 Å². The Hall–Kier alpha value is -4.94. The molecule has 1 aliphatic heterocycles. The second-order valence-corrected chi connectivity index (χ2v) is 12.7. The third-order valence-electron chi connectivity index (χ3n) is 8.54. The number of halogens is 1. The minimum absolute atomic E-state index is 0.0160. The topological polar surface area (TPSA) is 151 Å². The van der Waals surface area contributed by atoms with Crippen molar-refractivity contribution in [2.75, 3.05) is 37.4 Å². The van der Waals surface area contributed by atoms with Gasteiger partial charge >= 0.3 is 6.03 Å². The molecular weight excluding hydrogens is 634 g/mol. The summed E-state index contributed by atoms with van der Waals surface area (Å²) in [5.41, 5.74) is 2.73. The van der Waals surface area contributed by atoms with E-state index in [0.29, 0.717) is 35.1 Å². The summed E-state index contributed by atoms with van der Waals surface area (Å²) in [6.45, 7) is 4.53. The van der Waals surface area contributed by atoms with Crippen molar-refractivity contribution < 1.29 is 19.4 Å². The van der Waals surface area contributed by atoms with Crippen LogP contribution in [-0.2, 0) is 6.54 Å². The number of carbonyl (C=O) groups is 2. The summed E-state index contributed by atoms with van der Waals surface area (Å²) >= 11 is 6.07. The molecule has 0 atom stereocenters. The molecule has 4 aromatic rings. The molecular formula is C35H38ClN7O5. The number of hydrogen-bond acceptors (Lipinski definition) is 8. The van der Waals surface area contributed by atoms with Crippen LogP contribution in [-0.4, -0.2) is 69.5 Å². The molecule has 48 heavy (non-hydrogen) atoms. The van der Waals surface area contributed by atoms with Crippen molar-refractivity contribution in [2.24, 2.45) is 5.92 Å². The van der Waals surface area contributed by atoms with E-state index >= 15 is 0 Å². The van der Waals surface area contributed by atoms with E-state index < -0.39 is 11.6 Å². The van der Waals surface area contributed by atoms with Crippen LogP contribution in [0.1, 0.15) is 43.0 Å². The van der Waals surface area contributed by atoms with Gasteiger partial charge in [0, 0.05) is 29.9 Å². The highest BCUT2D eigenvalue weighted by Gasteiger charge is 2.23. The number of amides is 3. The summed E-state index contributed by atoms with van der Waals surface area (Å²) in [6.07, 6.45) is 6.52. The van der Waals surface area contributed by atoms with Crippen molar-refractivity contribution in [3.8, 4) is 33.9 Å². The molecule has 0 bridgehead atoms. The number of likely N-dealkylation sites (tertiary alicyclic amines) is 1. The fourth-order valence-corrected chi connectivity index (χ4v) is 5.76. The highest BCUT2D eigenvalue weighted by atomic mass is 35.5. The van der Waals surface area contributed by atoms with Gasteiger partial charge < -0.3 is 30.7 Å². The molecule has 2 fully saturated rings. The van der Waals surface area contributed by atoms with E-state index in [2.05, 4.69) is 38.0 Å². The maximum Gasteiger partial charge on any atom is 0.323 e. The predicted molar refractivity (Wildman–Crippen MR) is 185 cm³/mol. The molecule has 0 unspecified atom stereocenters. The third kappa shape index (κ3) is 7.95. The number of urea groups is 1. The zero-order valence-corrected chi connectivity index (χ0v) is 27.6. The predicted octanol–water partition coefficient (Wildman–Crippen LogP) is 5.61. The van der Waals surface area contributed by atoms with Crippen LogP contribution in [0.2, 0.25) is 5.02 Å². The molecule has 3 amide bonds. The molecule has 1 aliphatic carbocycles. The van der Waals surface area contributed by atoms with E-state index in [1.165, 1.54) is 16.9 Å². The van der Waals surface area contributed by atoms with Gasteiger partial charge in [0.15, 0.2) is 5.75 Å². The van der Waals surface area contributed by atoms with Gasteiger partial charge in [-0.3, -0.25) is 14.6 Å². The monoisotopic (exact) mass is 671 g/mol. The van der Waals surface area contributed by atoms with Crippen LogP contribution in [0.25, 0.3) is 22.4 Å². The molecule has 2 aromatic heterocycles. The van der Waals surface area contributed by atoms with Crippen LogP contribution in [0.4, 0.5) is 16.2 Å². The Labute approximate surface area is 283 Å². The number of aromatic hydroxyl groups is 1. The van der Waals surface area contributed by atoms with Gasteiger partial charge in [0.2, 0.25) is 0 Å². The smallest absolute Gasteiger partial charge is 0.323 e. The van der Waals surface area contributed by atoms with Gasteiger partial charge in [-0.25, -0.2) is 9.48 Å². The molecule has 250 valence electrons. The average Bonchev–Trinajstić information content (AvgIpc) is 3.92. The van der Waals surface area contributed by atoms with Gasteiger partial charge in [-0.05, 0) is 100 Å². The van der Waals surface area contributed by atoms with Gasteiger partial charge in [-0.2, -0.15) is 5.10 Å². The van der Waals surface area contributed by atoms with E-state index in [-0.39, 0.29) is 40.6 Å². The van der Waals surface area contributed by atoms with Gasteiger partial charge in [0.1, 0.15) is 17.1 Å². The highest BCUT2D eigenvalue weighted by Crippen LogP contribution is 2.33. The number of nitrogens with one attached hydrogen (secondary N) is 3. The van der Waals surface area contributed by atoms with Crippen molar-refractivity contribution in [3.63, 3.8) is 0 Å². The van der Waals surface area contributed by atoms with Crippen molar-refractivity contribution in [2.45, 2.75) is 45.2 Å². The Bertz CT molecular complexity index is 1870. The minimum Gasteiger partial charge on any atom is -0.504 e. The number of benzene rings is 2. The molecule has 6 rings (SSSR count). The lowest BCUT2D eigenvalue weighted by molar-refractivity contribution is 0.0916. The number of aryl methyl sites for hydroxylation is 1. The minimum atomic E-state index is -0.780. The SMILES string of the molecule is CCn1nc(-c2cccc(-c3cc(OCC4CC4)cc(C(=O)NC4CCN(C)CC4)c3)c2)cc(NC(=O)Nc2c(O)cncc2Cl)c1=O. The zero-order valence-electron chi connectivity index (χ0n) is 26.8. The third-order valence-corrected chi connectivity index (χ3v) is 8.82. The van der Waals surface area contributed by atoms with Crippen LogP contribution in [0.5, 0.6) is 11.5 Å². The molecule has 12 nitrogen and oxygen atoms in total. The first-order valence-corrected chi connectivity index (χ1v) is 16.5. The van der Waals surface area contributed by atoms with Crippen LogP contribution in [0.3, 0.4) is 0 Å². The van der Waals surface area contributed by atoms with Crippen molar-refractivity contribution in [1.29, 1.82) is 0 Å². The number of hydrogen-bond donors (Lipinski definition) is 4. The Kier molecular flexibility index (Phi) is 9.93. The average molecular weight is 672 g/mol. The van der Waals surface area contributed by atoms with Gasteiger partial charge in [0.25, 0.3) is 11.5 Å². The molecule has 0 radical (unpaired) electrons. The summed E-state index contributed by atoms with van der Waals surface area (Å²) in [5.74, 6) is 0.728. The first kappa shape index (κ1) is 33.0. The highest BCUT2D eigenvalue weighted by molar-refractivity contribution is 6.34. The van der Waals surface area contributed by atoms with Crippen LogP contribution in [0.15, 0.2) is 65.7 Å². The summed E-state index contributed by atoms with van der Waals surface area (Å²) in [5, 5.41) is 22.9. The lowest BCUT2D eigenvalue weighted by Crippen LogP contribution is -2.43. The van der Waals surface area contributed by atoms with E-state index in [9.17, 15) is 19.5 Å². The molecule has 3 heterocycles. The van der Waals surface area contributed by atoms with Crippen LogP contribution >= 0.6 is 11.6 Å². The zero-order chi connectivity index (χ0) is 33.8. The largest absolute Gasteiger partial charge is 0.504 e. The Morgan fingerprint density at radius 3 is 2.50 bits per heavy atom. The van der Waals surface area contributed by atoms with Gasteiger partial charge in [-0.1, -0.05) is 29.8 Å². The van der Waals surface area contributed by atoms with E-state index in [4.69, 9.17) is 16.3 Å². The number of rotatable bonds is 10. The summed E-state index contributed by atoms with van der Waals surface area (Å²) < 4.78 is 7.40. The molecule has 1 saturated carbocycles. The lowest BCUT2D eigenvalue weighted by Gasteiger charge is -2.29. The number of aromatic nitrogens is 3. The van der Waals surface area contributed by atoms with E-state index in [1.54, 1.807) is 13.0 Å². The second-order valence-electron chi connectivity index (χ2n) is 12.3.